The maximum Gasteiger partial charge on any atom is 0.407 e. The average Bonchev–Trinajstić information content (AvgIpc) is 2.64. The SMILES string of the molecule is CC(C)(C)OC(=O)N[C@@H](Cc1ccccc1)[C@H](O)CNC12CC3CC(CC(C3)C1)C2. The predicted molar refractivity (Wildman–Crippen MR) is 118 cm³/mol. The number of aliphatic hydroxyl groups is 1. The van der Waals surface area contributed by atoms with Gasteiger partial charge in [-0.1, -0.05) is 30.3 Å². The van der Waals surface area contributed by atoms with Crippen LogP contribution in [0.4, 0.5) is 4.79 Å². The van der Waals surface area contributed by atoms with Crippen LogP contribution in [0.5, 0.6) is 0 Å². The molecule has 4 bridgehead atoms. The molecule has 0 saturated heterocycles. The molecule has 1 aromatic rings. The Balaban J connectivity index is 1.39. The summed E-state index contributed by atoms with van der Waals surface area (Å²) in [4.78, 5) is 12.4. The van der Waals surface area contributed by atoms with Crippen molar-refractivity contribution in [1.29, 1.82) is 0 Å². The molecule has 4 aliphatic carbocycles. The van der Waals surface area contributed by atoms with Crippen molar-refractivity contribution in [2.45, 2.75) is 89.0 Å². The number of rotatable bonds is 7. The first-order valence-electron chi connectivity index (χ1n) is 11.7. The first-order valence-corrected chi connectivity index (χ1v) is 11.7. The van der Waals surface area contributed by atoms with Crippen molar-refractivity contribution < 1.29 is 14.6 Å². The molecule has 2 atom stereocenters. The van der Waals surface area contributed by atoms with Crippen LogP contribution in [0.25, 0.3) is 0 Å². The minimum Gasteiger partial charge on any atom is -0.444 e. The predicted octanol–water partition coefficient (Wildman–Crippen LogP) is 4.04. The van der Waals surface area contributed by atoms with Gasteiger partial charge in [0.25, 0.3) is 0 Å². The van der Waals surface area contributed by atoms with Gasteiger partial charge >= 0.3 is 6.09 Å². The lowest BCUT2D eigenvalue weighted by Gasteiger charge is -2.57. The highest BCUT2D eigenvalue weighted by Gasteiger charge is 2.50. The molecule has 0 heterocycles. The molecule has 0 radical (unpaired) electrons. The molecule has 5 heteroatoms. The Labute approximate surface area is 181 Å². The average molecular weight is 415 g/mol. The highest BCUT2D eigenvalue weighted by Crippen LogP contribution is 2.55. The smallest absolute Gasteiger partial charge is 0.407 e. The van der Waals surface area contributed by atoms with E-state index in [1.807, 2.05) is 51.1 Å². The lowest BCUT2D eigenvalue weighted by atomic mass is 9.53. The maximum atomic E-state index is 12.4. The van der Waals surface area contributed by atoms with Crippen molar-refractivity contribution in [3.05, 3.63) is 35.9 Å². The van der Waals surface area contributed by atoms with Crippen LogP contribution in [0, 0.1) is 17.8 Å². The van der Waals surface area contributed by atoms with Gasteiger partial charge in [-0.05, 0) is 89.0 Å². The summed E-state index contributed by atoms with van der Waals surface area (Å²) in [7, 11) is 0. The van der Waals surface area contributed by atoms with E-state index in [-0.39, 0.29) is 5.54 Å². The molecule has 1 aromatic carbocycles. The molecule has 5 nitrogen and oxygen atoms in total. The third kappa shape index (κ3) is 5.36. The molecular formula is C25H38N2O3. The Bertz CT molecular complexity index is 692. The molecule has 1 amide bonds. The summed E-state index contributed by atoms with van der Waals surface area (Å²) in [6.45, 7) is 6.05. The van der Waals surface area contributed by atoms with E-state index in [0.29, 0.717) is 13.0 Å². The molecule has 3 N–H and O–H groups in total. The van der Waals surface area contributed by atoms with Crippen molar-refractivity contribution in [3.8, 4) is 0 Å². The fourth-order valence-corrected chi connectivity index (χ4v) is 6.40. The number of β-amino-alcohol motifs (C(OH)–C–C–N with tert-alkyl or cyclic N) is 1. The number of nitrogens with one attached hydrogen (secondary N) is 2. The van der Waals surface area contributed by atoms with E-state index in [9.17, 15) is 9.90 Å². The van der Waals surface area contributed by atoms with Crippen LogP contribution in [0.15, 0.2) is 30.3 Å². The maximum absolute atomic E-state index is 12.4. The molecule has 4 fully saturated rings. The summed E-state index contributed by atoms with van der Waals surface area (Å²) in [5.41, 5.74) is 0.718. The fraction of sp³-hybridized carbons (Fsp3) is 0.720. The summed E-state index contributed by atoms with van der Waals surface area (Å²) < 4.78 is 5.45. The molecule has 4 saturated carbocycles. The number of alkyl carbamates (subject to hydrolysis) is 1. The zero-order valence-electron chi connectivity index (χ0n) is 18.7. The van der Waals surface area contributed by atoms with Crippen LogP contribution < -0.4 is 10.6 Å². The number of aliphatic hydroxyl groups excluding tert-OH is 1. The van der Waals surface area contributed by atoms with E-state index < -0.39 is 23.8 Å². The van der Waals surface area contributed by atoms with Crippen molar-refractivity contribution in [1.82, 2.24) is 10.6 Å². The zero-order chi connectivity index (χ0) is 21.4. The fourth-order valence-electron chi connectivity index (χ4n) is 6.40. The van der Waals surface area contributed by atoms with Crippen LogP contribution in [0.3, 0.4) is 0 Å². The van der Waals surface area contributed by atoms with Crippen molar-refractivity contribution in [2.75, 3.05) is 6.54 Å². The molecule has 0 aliphatic heterocycles. The van der Waals surface area contributed by atoms with Crippen LogP contribution in [0.1, 0.15) is 64.9 Å². The lowest BCUT2D eigenvalue weighted by Crippen LogP contribution is -2.61. The van der Waals surface area contributed by atoms with Crippen LogP contribution in [0.2, 0.25) is 0 Å². The number of hydrogen-bond donors (Lipinski definition) is 3. The molecule has 166 valence electrons. The summed E-state index contributed by atoms with van der Waals surface area (Å²) in [6.07, 6.45) is 7.37. The topological polar surface area (TPSA) is 70.6 Å². The van der Waals surface area contributed by atoms with E-state index in [2.05, 4.69) is 10.6 Å². The standard InChI is InChI=1S/C25H38N2O3/c1-24(2,3)30-23(29)27-21(12-17-7-5-4-6-8-17)22(28)16-26-25-13-18-9-19(14-25)11-20(10-18)15-25/h4-8,18-22,26,28H,9-16H2,1-3H3,(H,27,29)/t18?,19?,20?,21-,22+,25?/m0/s1. The zero-order valence-corrected chi connectivity index (χ0v) is 18.7. The molecule has 0 aromatic heterocycles. The molecule has 0 spiro atoms. The number of benzene rings is 1. The summed E-state index contributed by atoms with van der Waals surface area (Å²) in [5.74, 6) is 2.59. The van der Waals surface area contributed by atoms with Gasteiger partial charge in [-0.25, -0.2) is 4.79 Å². The third-order valence-electron chi connectivity index (χ3n) is 7.19. The van der Waals surface area contributed by atoms with E-state index in [4.69, 9.17) is 4.74 Å². The molecule has 4 aliphatic rings. The summed E-state index contributed by atoms with van der Waals surface area (Å²) in [6, 6.07) is 9.61. The highest BCUT2D eigenvalue weighted by molar-refractivity contribution is 5.68. The van der Waals surface area contributed by atoms with Gasteiger partial charge in [-0.3, -0.25) is 0 Å². The van der Waals surface area contributed by atoms with Gasteiger partial charge in [0.15, 0.2) is 0 Å². The number of carbonyl (C=O) groups excluding carboxylic acids is 1. The molecule has 5 rings (SSSR count). The van der Waals surface area contributed by atoms with Crippen molar-refractivity contribution in [3.63, 3.8) is 0 Å². The van der Waals surface area contributed by atoms with Crippen LogP contribution in [-0.2, 0) is 11.2 Å². The van der Waals surface area contributed by atoms with E-state index >= 15 is 0 Å². The monoisotopic (exact) mass is 414 g/mol. The summed E-state index contributed by atoms with van der Waals surface area (Å²) >= 11 is 0. The van der Waals surface area contributed by atoms with Crippen LogP contribution >= 0.6 is 0 Å². The van der Waals surface area contributed by atoms with Gasteiger partial charge in [-0.15, -0.1) is 0 Å². The normalized spacial score (nSPS) is 31.9. The summed E-state index contributed by atoms with van der Waals surface area (Å²) in [5, 5.41) is 17.8. The second-order valence-electron chi connectivity index (χ2n) is 11.1. The van der Waals surface area contributed by atoms with Crippen molar-refractivity contribution in [2.24, 2.45) is 17.8 Å². The van der Waals surface area contributed by atoms with Gasteiger partial charge < -0.3 is 20.5 Å². The van der Waals surface area contributed by atoms with E-state index in [0.717, 1.165) is 23.3 Å². The number of ether oxygens (including phenoxy) is 1. The third-order valence-corrected chi connectivity index (χ3v) is 7.19. The second kappa shape index (κ2) is 8.51. The van der Waals surface area contributed by atoms with Gasteiger partial charge in [-0.2, -0.15) is 0 Å². The van der Waals surface area contributed by atoms with Gasteiger partial charge in [0.1, 0.15) is 5.60 Å². The Morgan fingerprint density at radius 3 is 2.20 bits per heavy atom. The van der Waals surface area contributed by atoms with Crippen LogP contribution in [-0.4, -0.2) is 41.0 Å². The molecule has 0 unspecified atom stereocenters. The highest BCUT2D eigenvalue weighted by atomic mass is 16.6. The van der Waals surface area contributed by atoms with E-state index in [1.54, 1.807) is 0 Å². The quantitative estimate of drug-likeness (QED) is 0.630. The Hall–Kier alpha value is -1.59. The molecule has 30 heavy (non-hydrogen) atoms. The molecular weight excluding hydrogens is 376 g/mol. The number of hydrogen-bond acceptors (Lipinski definition) is 4. The van der Waals surface area contributed by atoms with Gasteiger partial charge in [0, 0.05) is 12.1 Å². The Morgan fingerprint density at radius 1 is 1.10 bits per heavy atom. The second-order valence-corrected chi connectivity index (χ2v) is 11.1. The first-order chi connectivity index (χ1) is 14.2. The lowest BCUT2D eigenvalue weighted by molar-refractivity contribution is -0.0266. The first kappa shape index (κ1) is 21.6. The minimum absolute atomic E-state index is 0.193. The minimum atomic E-state index is -0.675. The number of carbonyl (C=O) groups is 1. The van der Waals surface area contributed by atoms with Gasteiger partial charge in [0.2, 0.25) is 0 Å². The van der Waals surface area contributed by atoms with Crippen molar-refractivity contribution >= 4 is 6.09 Å². The number of amides is 1. The van der Waals surface area contributed by atoms with E-state index in [1.165, 1.54) is 38.5 Å². The Kier molecular flexibility index (Phi) is 6.13. The Morgan fingerprint density at radius 2 is 1.67 bits per heavy atom. The van der Waals surface area contributed by atoms with Gasteiger partial charge in [0.05, 0.1) is 12.1 Å². The largest absolute Gasteiger partial charge is 0.444 e.